The predicted octanol–water partition coefficient (Wildman–Crippen LogP) is -5.57. The molecule has 86 heavy (non-hydrogen) atoms. The molecule has 0 amide bonds. The van der Waals surface area contributed by atoms with E-state index in [-0.39, 0.29) is 17.1 Å². The Bertz CT molecular complexity index is 3050. The predicted molar refractivity (Wildman–Crippen MR) is 278 cm³/mol. The van der Waals surface area contributed by atoms with Crippen molar-refractivity contribution >= 4 is 23.0 Å². The molecule has 0 saturated carbocycles. The monoisotopic (exact) mass is 1230 g/mol. The molecule has 1 aromatic heterocycles. The molecule has 5 saturated heterocycles. The van der Waals surface area contributed by atoms with E-state index in [1.807, 2.05) is 0 Å². The number of carbonyl (C=O) groups is 1. The third kappa shape index (κ3) is 13.2. The van der Waals surface area contributed by atoms with Crippen molar-refractivity contribution in [1.82, 2.24) is 0 Å². The molecular weight excluding hydrogens is 1160 g/mol. The van der Waals surface area contributed by atoms with E-state index in [9.17, 15) is 102 Å². The first-order valence-electron chi connectivity index (χ1n) is 26.8. The lowest BCUT2D eigenvalue weighted by Crippen LogP contribution is -2.65. The van der Waals surface area contributed by atoms with E-state index in [0.717, 1.165) is 36.4 Å². The molecule has 18 N–H and O–H groups in total. The van der Waals surface area contributed by atoms with Crippen LogP contribution in [0.15, 0.2) is 69.9 Å². The van der Waals surface area contributed by atoms with Gasteiger partial charge in [-0.15, -0.1) is 0 Å². The van der Waals surface area contributed by atoms with Crippen LogP contribution in [0.3, 0.4) is 0 Å². The molecule has 0 aliphatic carbocycles. The minimum absolute atomic E-state index is 0.0466. The van der Waals surface area contributed by atoms with E-state index < -0.39 is 224 Å². The Morgan fingerprint density at radius 3 is 1.67 bits per heavy atom. The first-order chi connectivity index (χ1) is 40.8. The van der Waals surface area contributed by atoms with Gasteiger partial charge in [0.05, 0.1) is 32.0 Å². The summed E-state index contributed by atoms with van der Waals surface area (Å²) in [5, 5.41) is 191. The topological polar surface area (TPSA) is 513 Å². The number of benzene rings is 3. The standard InChI is InChI=1S/C54H66O32/c1-17-32(62)47(84-51-40(70)37(67)33(63)27(14-55)80-51)43(73)54(76-17)78-22-12-25(60)31-26(13-22)79-46(20-6-9-23(58)24(59)11-20)48(36(31)66)85-53-42(72)39(69)35(65)29(82-53)16-75-50-44(74)49(86-52-41(71)38(68)34(64)28(15-56)81-52)45(18(2)77-50)83-30(61)10-5-19-3-7-21(57)8-4-19/h3-13,17-18,27-29,32-35,37-45,47,49-60,62-65,67-74H,14-16H2,1-2H3/b10-5+/t17-,18-,27+,28+,29+,32-,33+,34+,35+,37-,38-,39-,40+,41+,42+,43+,44+,45-,47+,49-,50+,51-,52-,53-,54-/m0/s1. The summed E-state index contributed by atoms with van der Waals surface area (Å²) in [5.41, 5.74) is -1.49. The van der Waals surface area contributed by atoms with Crippen LogP contribution in [0.4, 0.5) is 0 Å². The molecule has 6 heterocycles. The minimum Gasteiger partial charge on any atom is -0.508 e. The number of aromatic hydroxyl groups is 4. The Balaban J connectivity index is 0.957. The zero-order chi connectivity index (χ0) is 62.3. The molecule has 32 heteroatoms. The van der Waals surface area contributed by atoms with Gasteiger partial charge in [-0.3, -0.25) is 4.79 Å². The highest BCUT2D eigenvalue weighted by Gasteiger charge is 2.54. The fourth-order valence-corrected chi connectivity index (χ4v) is 10.2. The van der Waals surface area contributed by atoms with Gasteiger partial charge in [0.2, 0.25) is 23.8 Å². The molecule has 5 fully saturated rings. The fourth-order valence-electron chi connectivity index (χ4n) is 10.2. The van der Waals surface area contributed by atoms with E-state index in [4.69, 9.17) is 56.5 Å². The van der Waals surface area contributed by atoms with Crippen molar-refractivity contribution in [3.63, 3.8) is 0 Å². The van der Waals surface area contributed by atoms with Crippen LogP contribution in [0.5, 0.6) is 34.5 Å². The molecule has 0 unspecified atom stereocenters. The Morgan fingerprint density at radius 2 is 1.07 bits per heavy atom. The van der Waals surface area contributed by atoms with Crippen molar-refractivity contribution in [2.24, 2.45) is 0 Å². The number of phenols is 4. The minimum atomic E-state index is -2.22. The number of esters is 1. The average molecular weight is 1230 g/mol. The van der Waals surface area contributed by atoms with Gasteiger partial charge in [0.15, 0.2) is 42.2 Å². The number of fused-ring (bicyclic) bond motifs is 1. The van der Waals surface area contributed by atoms with Crippen molar-refractivity contribution in [1.29, 1.82) is 0 Å². The average Bonchev–Trinajstić information content (AvgIpc) is 1.14. The highest BCUT2D eigenvalue weighted by molar-refractivity contribution is 5.89. The summed E-state index contributed by atoms with van der Waals surface area (Å²) in [6.45, 7) is 0.120. The number of ether oxygens (including phenoxy) is 11. The number of phenolic OH excluding ortho intramolecular Hbond substituents is 4. The molecule has 0 spiro atoms. The van der Waals surface area contributed by atoms with Crippen molar-refractivity contribution < 1.29 is 153 Å². The van der Waals surface area contributed by atoms with Crippen LogP contribution in [-0.2, 0) is 47.4 Å². The first kappa shape index (κ1) is 64.5. The zero-order valence-corrected chi connectivity index (χ0v) is 45.2. The van der Waals surface area contributed by atoms with Gasteiger partial charge in [0.1, 0.15) is 132 Å². The van der Waals surface area contributed by atoms with E-state index in [0.29, 0.717) is 5.56 Å². The van der Waals surface area contributed by atoms with Crippen LogP contribution < -0.4 is 14.9 Å². The quantitative estimate of drug-likeness (QED) is 0.0266. The second-order valence-electron chi connectivity index (χ2n) is 21.0. The van der Waals surface area contributed by atoms with E-state index in [1.54, 1.807) is 0 Å². The van der Waals surface area contributed by atoms with Crippen LogP contribution in [0, 0.1) is 0 Å². The maximum atomic E-state index is 14.6. The third-order valence-electron chi connectivity index (χ3n) is 15.1. The third-order valence-corrected chi connectivity index (χ3v) is 15.1. The number of carbonyl (C=O) groups excluding carboxylic acids is 1. The molecular formula is C54H66O32. The van der Waals surface area contributed by atoms with Crippen molar-refractivity contribution in [2.75, 3.05) is 19.8 Å². The van der Waals surface area contributed by atoms with Gasteiger partial charge >= 0.3 is 5.97 Å². The molecule has 4 aromatic rings. The first-order valence-corrected chi connectivity index (χ1v) is 26.8. The van der Waals surface area contributed by atoms with Crippen molar-refractivity contribution in [2.45, 2.75) is 167 Å². The normalized spacial score (nSPS) is 38.6. The lowest BCUT2D eigenvalue weighted by Gasteiger charge is -2.46. The smallest absolute Gasteiger partial charge is 0.331 e. The highest BCUT2D eigenvalue weighted by Crippen LogP contribution is 2.41. The van der Waals surface area contributed by atoms with Gasteiger partial charge in [-0.2, -0.15) is 0 Å². The summed E-state index contributed by atoms with van der Waals surface area (Å²) in [7, 11) is 0. The Hall–Kier alpha value is -6.00. The summed E-state index contributed by atoms with van der Waals surface area (Å²) >= 11 is 0. The van der Waals surface area contributed by atoms with Crippen LogP contribution >= 0.6 is 0 Å². The van der Waals surface area contributed by atoms with E-state index >= 15 is 0 Å². The zero-order valence-electron chi connectivity index (χ0n) is 45.2. The number of hydrogen-bond donors (Lipinski definition) is 18. The Morgan fingerprint density at radius 1 is 0.523 bits per heavy atom. The van der Waals surface area contributed by atoms with Crippen molar-refractivity contribution in [3.8, 4) is 45.8 Å². The van der Waals surface area contributed by atoms with Gasteiger partial charge in [-0.05, 0) is 55.8 Å². The molecule has 3 aromatic carbocycles. The number of aliphatic hydroxyl groups excluding tert-OH is 14. The Kier molecular flexibility index (Phi) is 20.1. The second kappa shape index (κ2) is 26.8. The molecule has 9 rings (SSSR count). The molecule has 32 nitrogen and oxygen atoms in total. The number of hydrogen-bond acceptors (Lipinski definition) is 32. The maximum Gasteiger partial charge on any atom is 0.331 e. The molecule has 0 bridgehead atoms. The highest BCUT2D eigenvalue weighted by atomic mass is 16.8. The van der Waals surface area contributed by atoms with Crippen LogP contribution in [0.25, 0.3) is 28.4 Å². The van der Waals surface area contributed by atoms with Gasteiger partial charge in [-0.25, -0.2) is 4.79 Å². The number of rotatable bonds is 17. The maximum absolute atomic E-state index is 14.6. The largest absolute Gasteiger partial charge is 0.508 e. The van der Waals surface area contributed by atoms with Crippen molar-refractivity contribution in [3.05, 3.63) is 76.5 Å². The molecule has 5 aliphatic rings. The second-order valence-corrected chi connectivity index (χ2v) is 21.0. The SMILES string of the molecule is C[C@@H]1O[C@@H](Oc2cc(O)c3c(=O)c(O[C@@H]4O[C@H](CO[C@@H]5O[C@@H](C)[C@H](OC(=O)/C=C/c6ccc(O)cc6)[C@@H](O[C@@H]6O[C@H](CO)[C@@H](O)[C@H](O)[C@H]6O)[C@H]5O)[C@@H](O)[C@H](O)[C@H]4O)c(-c4ccc(O)c(O)c4)oc3c2)[C@H](O)[C@H](O[C@@H]2O[C@H](CO)[C@@H](O)[C@H](O)[C@H]2O)[C@H]1O. The summed E-state index contributed by atoms with van der Waals surface area (Å²) < 4.78 is 69.3. The Labute approximate surface area is 484 Å². The van der Waals surface area contributed by atoms with Gasteiger partial charge in [0, 0.05) is 23.8 Å². The summed E-state index contributed by atoms with van der Waals surface area (Å²) in [6, 6.07) is 10.6. The lowest BCUT2D eigenvalue weighted by atomic mass is 9.97. The van der Waals surface area contributed by atoms with E-state index in [1.165, 1.54) is 44.2 Å². The summed E-state index contributed by atoms with van der Waals surface area (Å²) in [4.78, 5) is 27.8. The van der Waals surface area contributed by atoms with E-state index in [2.05, 4.69) is 0 Å². The van der Waals surface area contributed by atoms with Crippen LogP contribution in [0.1, 0.15) is 19.4 Å². The van der Waals surface area contributed by atoms with Gasteiger partial charge < -0.3 is 148 Å². The van der Waals surface area contributed by atoms with Gasteiger partial charge in [-0.1, -0.05) is 12.1 Å². The van der Waals surface area contributed by atoms with Crippen LogP contribution in [0.2, 0.25) is 0 Å². The van der Waals surface area contributed by atoms with Crippen LogP contribution in [-0.4, -0.2) is 271 Å². The lowest BCUT2D eigenvalue weighted by molar-refractivity contribution is -0.361. The molecule has 0 radical (unpaired) electrons. The summed E-state index contributed by atoms with van der Waals surface area (Å²) in [5.74, 6) is -5.25. The fraction of sp³-hybridized carbons (Fsp3) is 0.556. The van der Waals surface area contributed by atoms with Gasteiger partial charge in [0.25, 0.3) is 0 Å². The molecule has 474 valence electrons. The molecule has 5 aliphatic heterocycles. The number of aliphatic hydroxyl groups is 14. The molecule has 25 atom stereocenters. The summed E-state index contributed by atoms with van der Waals surface area (Å²) in [6.07, 6.45) is -43.0.